The Kier molecular flexibility index (Phi) is 3.43. The van der Waals surface area contributed by atoms with Crippen LogP contribution in [0.1, 0.15) is 6.42 Å². The summed E-state index contributed by atoms with van der Waals surface area (Å²) in [6, 6.07) is 0.491. The lowest BCUT2D eigenvalue weighted by atomic mass is 10.1. The summed E-state index contributed by atoms with van der Waals surface area (Å²) < 4.78 is 5.09. The largest absolute Gasteiger partial charge is 0.384 e. The SMILES string of the molecule is COCC1CC(C=S)N(C)C1. The molecule has 1 saturated heterocycles. The number of hydrogen-bond acceptors (Lipinski definition) is 3. The molecule has 0 radical (unpaired) electrons. The van der Waals surface area contributed by atoms with E-state index in [1.165, 1.54) is 0 Å². The Hall–Kier alpha value is 0.01000. The molecule has 0 spiro atoms. The van der Waals surface area contributed by atoms with Crippen molar-refractivity contribution in [1.29, 1.82) is 0 Å². The third-order valence-corrected chi connectivity index (χ3v) is 2.56. The van der Waals surface area contributed by atoms with E-state index in [4.69, 9.17) is 17.0 Å². The molecule has 1 aliphatic heterocycles. The first-order valence-corrected chi connectivity index (χ1v) is 4.39. The lowest BCUT2D eigenvalue weighted by Gasteiger charge is -2.12. The summed E-state index contributed by atoms with van der Waals surface area (Å²) >= 11 is 4.92. The molecule has 0 amide bonds. The average Bonchev–Trinajstić information content (AvgIpc) is 2.32. The smallest absolute Gasteiger partial charge is 0.0503 e. The van der Waals surface area contributed by atoms with E-state index in [1.807, 2.05) is 5.37 Å². The topological polar surface area (TPSA) is 12.5 Å². The fraction of sp³-hybridized carbons (Fsp3) is 0.875. The second-order valence-corrected chi connectivity index (χ2v) is 3.47. The second kappa shape index (κ2) is 4.14. The highest BCUT2D eigenvalue weighted by Gasteiger charge is 2.27. The van der Waals surface area contributed by atoms with Gasteiger partial charge in [-0.05, 0) is 24.8 Å². The monoisotopic (exact) mass is 173 g/mol. The number of methoxy groups -OCH3 is 1. The maximum absolute atomic E-state index is 5.09. The highest BCUT2D eigenvalue weighted by atomic mass is 32.1. The van der Waals surface area contributed by atoms with Crippen molar-refractivity contribution in [2.45, 2.75) is 12.5 Å². The molecule has 2 atom stereocenters. The molecule has 2 nitrogen and oxygen atoms in total. The molecular weight excluding hydrogens is 158 g/mol. The molecular formula is C8H15NOS. The van der Waals surface area contributed by atoms with Gasteiger partial charge in [0.2, 0.25) is 0 Å². The number of hydrogen-bond donors (Lipinski definition) is 0. The Morgan fingerprint density at radius 2 is 2.45 bits per heavy atom. The van der Waals surface area contributed by atoms with Crippen LogP contribution < -0.4 is 0 Å². The number of likely N-dealkylation sites (tertiary alicyclic amines) is 1. The van der Waals surface area contributed by atoms with Gasteiger partial charge in [-0.15, -0.1) is 0 Å². The van der Waals surface area contributed by atoms with Gasteiger partial charge in [-0.1, -0.05) is 12.2 Å². The summed E-state index contributed by atoms with van der Waals surface area (Å²) in [5.74, 6) is 0.675. The van der Waals surface area contributed by atoms with Crippen LogP contribution in [0.2, 0.25) is 0 Å². The summed E-state index contributed by atoms with van der Waals surface area (Å²) in [6.07, 6.45) is 1.16. The van der Waals surface area contributed by atoms with Gasteiger partial charge in [0.15, 0.2) is 0 Å². The molecule has 3 heteroatoms. The maximum Gasteiger partial charge on any atom is 0.0503 e. The van der Waals surface area contributed by atoms with Gasteiger partial charge in [0.25, 0.3) is 0 Å². The fourth-order valence-corrected chi connectivity index (χ4v) is 1.97. The van der Waals surface area contributed by atoms with E-state index in [-0.39, 0.29) is 0 Å². The molecule has 0 saturated carbocycles. The highest BCUT2D eigenvalue weighted by molar-refractivity contribution is 7.79. The molecule has 64 valence electrons. The van der Waals surface area contributed by atoms with Crippen molar-refractivity contribution in [2.24, 2.45) is 5.92 Å². The number of ether oxygens (including phenoxy) is 1. The maximum atomic E-state index is 5.09. The lowest BCUT2D eigenvalue weighted by Crippen LogP contribution is -2.25. The van der Waals surface area contributed by atoms with Gasteiger partial charge in [0.05, 0.1) is 6.61 Å². The second-order valence-electron chi connectivity index (χ2n) is 3.20. The zero-order valence-electron chi connectivity index (χ0n) is 7.12. The third-order valence-electron chi connectivity index (χ3n) is 2.25. The van der Waals surface area contributed by atoms with Crippen LogP contribution in [0.4, 0.5) is 0 Å². The van der Waals surface area contributed by atoms with E-state index in [0.29, 0.717) is 12.0 Å². The summed E-state index contributed by atoms with van der Waals surface area (Å²) in [6.45, 7) is 1.98. The molecule has 11 heavy (non-hydrogen) atoms. The van der Waals surface area contributed by atoms with Gasteiger partial charge in [-0.2, -0.15) is 0 Å². The normalized spacial score (nSPS) is 32.5. The molecule has 0 N–H and O–H groups in total. The summed E-state index contributed by atoms with van der Waals surface area (Å²) in [5, 5.41) is 1.86. The van der Waals surface area contributed by atoms with Crippen molar-refractivity contribution in [3.8, 4) is 0 Å². The molecule has 0 bridgehead atoms. The Bertz CT molecular complexity index is 140. The van der Waals surface area contributed by atoms with Crippen LogP contribution in [0, 0.1) is 5.92 Å². The minimum atomic E-state index is 0.491. The fourth-order valence-electron chi connectivity index (χ4n) is 1.65. The molecule has 0 aliphatic carbocycles. The minimum absolute atomic E-state index is 0.491. The number of thiocarbonyl (C=S) groups is 1. The minimum Gasteiger partial charge on any atom is -0.384 e. The van der Waals surface area contributed by atoms with Gasteiger partial charge in [-0.25, -0.2) is 0 Å². The third kappa shape index (κ3) is 2.22. The molecule has 1 rings (SSSR count). The predicted octanol–water partition coefficient (Wildman–Crippen LogP) is 0.953. The number of nitrogens with zero attached hydrogens (tertiary/aromatic N) is 1. The average molecular weight is 173 g/mol. The van der Waals surface area contributed by atoms with Crippen molar-refractivity contribution in [2.75, 3.05) is 27.3 Å². The van der Waals surface area contributed by atoms with Crippen molar-refractivity contribution >= 4 is 17.6 Å². The van der Waals surface area contributed by atoms with Crippen LogP contribution in [0.15, 0.2) is 0 Å². The Balaban J connectivity index is 2.36. The van der Waals surface area contributed by atoms with Gasteiger partial charge < -0.3 is 4.74 Å². The first kappa shape index (κ1) is 9.10. The van der Waals surface area contributed by atoms with E-state index in [1.54, 1.807) is 7.11 Å². The zero-order valence-corrected chi connectivity index (χ0v) is 7.93. The summed E-state index contributed by atoms with van der Waals surface area (Å²) in [5.41, 5.74) is 0. The van der Waals surface area contributed by atoms with Crippen molar-refractivity contribution in [3.05, 3.63) is 0 Å². The molecule has 2 unspecified atom stereocenters. The van der Waals surface area contributed by atoms with E-state index in [0.717, 1.165) is 19.6 Å². The molecule has 1 heterocycles. The molecule has 0 aromatic rings. The van der Waals surface area contributed by atoms with Gasteiger partial charge in [0.1, 0.15) is 0 Å². The van der Waals surface area contributed by atoms with Gasteiger partial charge in [0, 0.05) is 19.7 Å². The van der Waals surface area contributed by atoms with E-state index in [2.05, 4.69) is 11.9 Å². The molecule has 0 aromatic heterocycles. The van der Waals surface area contributed by atoms with Crippen LogP contribution >= 0.6 is 12.2 Å². The first-order chi connectivity index (χ1) is 5.27. The van der Waals surface area contributed by atoms with E-state index < -0.39 is 0 Å². The molecule has 0 aromatic carbocycles. The van der Waals surface area contributed by atoms with Crippen LogP contribution in [0.5, 0.6) is 0 Å². The quantitative estimate of drug-likeness (QED) is 0.590. The highest BCUT2D eigenvalue weighted by Crippen LogP contribution is 2.20. The van der Waals surface area contributed by atoms with E-state index >= 15 is 0 Å². The standard InChI is InChI=1S/C8H15NOS/c1-9-4-7(5-10-2)3-8(9)6-11/h6-8H,3-5H2,1-2H3. The molecule has 1 fully saturated rings. The van der Waals surface area contributed by atoms with Crippen LogP contribution in [-0.4, -0.2) is 43.6 Å². The first-order valence-electron chi connectivity index (χ1n) is 3.92. The van der Waals surface area contributed by atoms with Crippen LogP contribution in [-0.2, 0) is 4.74 Å². The van der Waals surface area contributed by atoms with Crippen LogP contribution in [0.25, 0.3) is 0 Å². The van der Waals surface area contributed by atoms with Crippen molar-refractivity contribution in [3.63, 3.8) is 0 Å². The van der Waals surface area contributed by atoms with Gasteiger partial charge >= 0.3 is 0 Å². The van der Waals surface area contributed by atoms with Crippen LogP contribution in [0.3, 0.4) is 0 Å². The van der Waals surface area contributed by atoms with E-state index in [9.17, 15) is 0 Å². The number of rotatable bonds is 3. The summed E-state index contributed by atoms with van der Waals surface area (Å²) in [7, 11) is 3.87. The zero-order chi connectivity index (χ0) is 8.27. The Morgan fingerprint density at radius 3 is 2.91 bits per heavy atom. The Morgan fingerprint density at radius 1 is 1.73 bits per heavy atom. The Labute approximate surface area is 73.5 Å². The van der Waals surface area contributed by atoms with Gasteiger partial charge in [-0.3, -0.25) is 4.90 Å². The predicted molar refractivity (Wildman–Crippen MR) is 50.1 cm³/mol. The lowest BCUT2D eigenvalue weighted by molar-refractivity contribution is 0.155. The molecule has 1 aliphatic rings. The van der Waals surface area contributed by atoms with Crippen molar-refractivity contribution in [1.82, 2.24) is 4.90 Å². The van der Waals surface area contributed by atoms with Crippen molar-refractivity contribution < 1.29 is 4.74 Å². The summed E-state index contributed by atoms with van der Waals surface area (Å²) in [4.78, 5) is 2.29.